The smallest absolute Gasteiger partial charge is 0.257 e. The van der Waals surface area contributed by atoms with E-state index in [9.17, 15) is 4.79 Å². The Kier molecular flexibility index (Phi) is 4.80. The second-order valence-electron chi connectivity index (χ2n) is 4.37. The quantitative estimate of drug-likeness (QED) is 0.917. The molecule has 21 heavy (non-hydrogen) atoms. The normalized spacial score (nSPS) is 10.1. The van der Waals surface area contributed by atoms with Crippen LogP contribution in [0.5, 0.6) is 11.5 Å². The van der Waals surface area contributed by atoms with Crippen LogP contribution in [0.15, 0.2) is 34.9 Å². The van der Waals surface area contributed by atoms with E-state index >= 15 is 0 Å². The molecule has 0 bridgehead atoms. The van der Waals surface area contributed by atoms with Crippen molar-refractivity contribution in [2.24, 2.45) is 0 Å². The zero-order valence-electron chi connectivity index (χ0n) is 11.9. The van der Waals surface area contributed by atoms with Crippen LogP contribution in [0.2, 0.25) is 0 Å². The molecule has 0 unspecified atom stereocenters. The minimum Gasteiger partial charge on any atom is -0.497 e. The third kappa shape index (κ3) is 3.72. The molecule has 1 aromatic carbocycles. The largest absolute Gasteiger partial charge is 0.497 e. The van der Waals surface area contributed by atoms with Crippen LogP contribution >= 0.6 is 15.9 Å². The first-order valence-corrected chi connectivity index (χ1v) is 6.99. The fourth-order valence-corrected chi connectivity index (χ4v) is 1.95. The van der Waals surface area contributed by atoms with Gasteiger partial charge in [-0.3, -0.25) is 4.79 Å². The van der Waals surface area contributed by atoms with Crippen LogP contribution in [-0.4, -0.2) is 25.1 Å². The van der Waals surface area contributed by atoms with E-state index < -0.39 is 0 Å². The molecule has 0 spiro atoms. The lowest BCUT2D eigenvalue weighted by Gasteiger charge is -2.09. The predicted octanol–water partition coefficient (Wildman–Crippen LogP) is 3.42. The molecule has 1 amide bonds. The number of methoxy groups -OCH3 is 2. The molecule has 110 valence electrons. The molecule has 1 heterocycles. The van der Waals surface area contributed by atoms with Gasteiger partial charge < -0.3 is 14.8 Å². The Hall–Kier alpha value is -2.08. The second-order valence-corrected chi connectivity index (χ2v) is 5.23. The molecule has 1 N–H and O–H groups in total. The van der Waals surface area contributed by atoms with Crippen molar-refractivity contribution in [3.63, 3.8) is 0 Å². The summed E-state index contributed by atoms with van der Waals surface area (Å²) in [6.45, 7) is 1.93. The molecule has 0 fully saturated rings. The SMILES string of the molecule is COc1cc(OC)cc(C(=O)Nc2cc(C)c(Br)cn2)c1. The van der Waals surface area contributed by atoms with Gasteiger partial charge in [0.15, 0.2) is 0 Å². The number of carbonyl (C=O) groups excluding carboxylic acids is 1. The van der Waals surface area contributed by atoms with Crippen molar-refractivity contribution >= 4 is 27.7 Å². The number of anilines is 1. The van der Waals surface area contributed by atoms with Crippen LogP contribution in [0.3, 0.4) is 0 Å². The van der Waals surface area contributed by atoms with Gasteiger partial charge in [0.1, 0.15) is 17.3 Å². The number of benzene rings is 1. The lowest BCUT2D eigenvalue weighted by molar-refractivity contribution is 0.102. The molecule has 2 aromatic rings. The minimum absolute atomic E-state index is 0.276. The summed E-state index contributed by atoms with van der Waals surface area (Å²) in [6.07, 6.45) is 1.65. The Morgan fingerprint density at radius 3 is 2.29 bits per heavy atom. The molecule has 1 aromatic heterocycles. The van der Waals surface area contributed by atoms with E-state index in [1.54, 1.807) is 30.5 Å². The molecular weight excluding hydrogens is 336 g/mol. The molecule has 0 saturated carbocycles. The average molecular weight is 351 g/mol. The number of nitrogens with zero attached hydrogens (tertiary/aromatic N) is 1. The summed E-state index contributed by atoms with van der Waals surface area (Å²) < 4.78 is 11.2. The van der Waals surface area contributed by atoms with E-state index in [1.165, 1.54) is 14.2 Å². The predicted molar refractivity (Wildman–Crippen MR) is 84.2 cm³/mol. The van der Waals surface area contributed by atoms with Gasteiger partial charge in [-0.05, 0) is 46.6 Å². The fraction of sp³-hybridized carbons (Fsp3) is 0.200. The Morgan fingerprint density at radius 1 is 1.14 bits per heavy atom. The van der Waals surface area contributed by atoms with Gasteiger partial charge in [-0.25, -0.2) is 4.98 Å². The average Bonchev–Trinajstić information content (AvgIpc) is 2.50. The zero-order chi connectivity index (χ0) is 15.4. The number of pyridine rings is 1. The van der Waals surface area contributed by atoms with Crippen molar-refractivity contribution in [3.05, 3.63) is 46.1 Å². The first-order valence-electron chi connectivity index (χ1n) is 6.20. The number of amides is 1. The third-order valence-electron chi connectivity index (χ3n) is 2.90. The maximum absolute atomic E-state index is 12.3. The van der Waals surface area contributed by atoms with Gasteiger partial charge in [-0.15, -0.1) is 0 Å². The highest BCUT2D eigenvalue weighted by atomic mass is 79.9. The van der Waals surface area contributed by atoms with Gasteiger partial charge in [-0.1, -0.05) is 0 Å². The summed E-state index contributed by atoms with van der Waals surface area (Å²) in [4.78, 5) is 16.4. The summed E-state index contributed by atoms with van der Waals surface area (Å²) in [7, 11) is 3.08. The van der Waals surface area contributed by atoms with Gasteiger partial charge in [0.25, 0.3) is 5.91 Å². The Bertz CT molecular complexity index is 652. The van der Waals surface area contributed by atoms with Crippen molar-refractivity contribution in [3.8, 4) is 11.5 Å². The van der Waals surface area contributed by atoms with E-state index in [0.717, 1.165) is 10.0 Å². The van der Waals surface area contributed by atoms with Crippen LogP contribution in [0.1, 0.15) is 15.9 Å². The molecule has 0 saturated heterocycles. The van der Waals surface area contributed by atoms with Crippen molar-refractivity contribution < 1.29 is 14.3 Å². The maximum atomic E-state index is 12.3. The molecule has 0 aliphatic heterocycles. The van der Waals surface area contributed by atoms with E-state index in [2.05, 4.69) is 26.2 Å². The second kappa shape index (κ2) is 6.58. The van der Waals surface area contributed by atoms with Crippen LogP contribution in [0.4, 0.5) is 5.82 Å². The Morgan fingerprint density at radius 2 is 1.76 bits per heavy atom. The van der Waals surface area contributed by atoms with Gasteiger partial charge in [-0.2, -0.15) is 0 Å². The Labute approximate surface area is 131 Å². The number of hydrogen-bond acceptors (Lipinski definition) is 4. The third-order valence-corrected chi connectivity index (χ3v) is 3.73. The zero-order valence-corrected chi connectivity index (χ0v) is 13.5. The van der Waals surface area contributed by atoms with Crippen molar-refractivity contribution in [1.29, 1.82) is 0 Å². The number of nitrogens with one attached hydrogen (secondary N) is 1. The summed E-state index contributed by atoms with van der Waals surface area (Å²) in [5, 5.41) is 2.75. The standard InChI is InChI=1S/C15H15BrN2O3/c1-9-4-14(17-8-13(9)16)18-15(19)10-5-11(20-2)7-12(6-10)21-3/h4-8H,1-3H3,(H,17,18,19). The van der Waals surface area contributed by atoms with Gasteiger partial charge in [0, 0.05) is 22.3 Å². The molecule has 6 heteroatoms. The minimum atomic E-state index is -0.276. The molecule has 5 nitrogen and oxygen atoms in total. The van der Waals surface area contributed by atoms with Crippen molar-refractivity contribution in [1.82, 2.24) is 4.98 Å². The van der Waals surface area contributed by atoms with E-state index in [4.69, 9.17) is 9.47 Å². The first kappa shape index (κ1) is 15.3. The lowest BCUT2D eigenvalue weighted by Crippen LogP contribution is -2.13. The lowest BCUT2D eigenvalue weighted by atomic mass is 10.2. The number of carbonyl (C=O) groups is 1. The fourth-order valence-electron chi connectivity index (χ4n) is 1.73. The summed E-state index contributed by atoms with van der Waals surface area (Å²) >= 11 is 3.37. The highest BCUT2D eigenvalue weighted by Crippen LogP contribution is 2.23. The van der Waals surface area contributed by atoms with Crippen LogP contribution in [0.25, 0.3) is 0 Å². The van der Waals surface area contributed by atoms with Crippen LogP contribution in [-0.2, 0) is 0 Å². The molecular formula is C15H15BrN2O3. The number of ether oxygens (including phenoxy) is 2. The van der Waals surface area contributed by atoms with Crippen LogP contribution < -0.4 is 14.8 Å². The Balaban J connectivity index is 2.25. The monoisotopic (exact) mass is 350 g/mol. The molecule has 2 rings (SSSR count). The number of aromatic nitrogens is 1. The molecule has 0 atom stereocenters. The van der Waals surface area contributed by atoms with Gasteiger partial charge in [0.05, 0.1) is 14.2 Å². The van der Waals surface area contributed by atoms with E-state index in [0.29, 0.717) is 22.9 Å². The maximum Gasteiger partial charge on any atom is 0.257 e. The van der Waals surface area contributed by atoms with Crippen LogP contribution in [0, 0.1) is 6.92 Å². The molecule has 0 radical (unpaired) electrons. The van der Waals surface area contributed by atoms with E-state index in [-0.39, 0.29) is 5.91 Å². The topological polar surface area (TPSA) is 60.5 Å². The summed E-state index contributed by atoms with van der Waals surface area (Å²) in [5.74, 6) is 1.32. The number of hydrogen-bond donors (Lipinski definition) is 1. The first-order chi connectivity index (χ1) is 10.0. The van der Waals surface area contributed by atoms with Gasteiger partial charge >= 0.3 is 0 Å². The number of rotatable bonds is 4. The van der Waals surface area contributed by atoms with Crippen molar-refractivity contribution in [2.45, 2.75) is 6.92 Å². The highest BCUT2D eigenvalue weighted by molar-refractivity contribution is 9.10. The van der Waals surface area contributed by atoms with Crippen molar-refractivity contribution in [2.75, 3.05) is 19.5 Å². The van der Waals surface area contributed by atoms with E-state index in [1.807, 2.05) is 6.92 Å². The summed E-state index contributed by atoms with van der Waals surface area (Å²) in [6, 6.07) is 6.78. The molecule has 0 aliphatic carbocycles. The number of halogens is 1. The summed E-state index contributed by atoms with van der Waals surface area (Å²) in [5.41, 5.74) is 1.43. The van der Waals surface area contributed by atoms with Gasteiger partial charge in [0.2, 0.25) is 0 Å². The number of aryl methyl sites for hydroxylation is 1. The highest BCUT2D eigenvalue weighted by Gasteiger charge is 2.11. The molecule has 0 aliphatic rings.